The van der Waals surface area contributed by atoms with Gasteiger partial charge in [-0.05, 0) is 25.0 Å². The molecule has 3 rings (SSSR count). The number of thiocarbonyl (C=S) groups is 1. The quantitative estimate of drug-likeness (QED) is 0.866. The van der Waals surface area contributed by atoms with E-state index in [-0.39, 0.29) is 0 Å². The minimum absolute atomic E-state index is 0.479. The van der Waals surface area contributed by atoms with E-state index in [9.17, 15) is 0 Å². The van der Waals surface area contributed by atoms with Crippen molar-refractivity contribution in [3.8, 4) is 0 Å². The summed E-state index contributed by atoms with van der Waals surface area (Å²) in [7, 11) is 0. The molecule has 1 N–H and O–H groups in total. The van der Waals surface area contributed by atoms with E-state index < -0.39 is 0 Å². The van der Waals surface area contributed by atoms with Gasteiger partial charge in [0.05, 0.1) is 18.2 Å². The standard InChI is InChI=1S/C17H24N2OS/c21-17(18-14-6-2-1-3-7-14)15-8-4-5-9-16(15)19-10-12-20-13-11-19/h1-3,6-7,15-16H,4-5,8-13H2,(H,18,21)/t15-,16+/m1/s1. The molecule has 3 nitrogen and oxygen atoms in total. The van der Waals surface area contributed by atoms with Crippen molar-refractivity contribution in [3.63, 3.8) is 0 Å². The van der Waals surface area contributed by atoms with E-state index in [0.717, 1.165) is 37.0 Å². The SMILES string of the molecule is S=C(Nc1ccccc1)[C@@H]1CCCC[C@@H]1N1CCOCC1. The molecule has 4 heteroatoms. The largest absolute Gasteiger partial charge is 0.379 e. The Morgan fingerprint density at radius 1 is 1.10 bits per heavy atom. The van der Waals surface area contributed by atoms with Crippen LogP contribution in [-0.4, -0.2) is 42.2 Å². The van der Waals surface area contributed by atoms with E-state index in [2.05, 4.69) is 22.3 Å². The molecule has 21 heavy (non-hydrogen) atoms. The fourth-order valence-electron chi connectivity index (χ4n) is 3.52. The van der Waals surface area contributed by atoms with Crippen molar-refractivity contribution < 1.29 is 4.74 Å². The molecule has 1 aromatic rings. The van der Waals surface area contributed by atoms with Crippen molar-refractivity contribution >= 4 is 22.9 Å². The summed E-state index contributed by atoms with van der Waals surface area (Å²) in [4.78, 5) is 3.60. The molecule has 0 bridgehead atoms. The minimum atomic E-state index is 0.479. The molecule has 0 aromatic heterocycles. The van der Waals surface area contributed by atoms with Crippen LogP contribution in [0.2, 0.25) is 0 Å². The summed E-state index contributed by atoms with van der Waals surface area (Å²) < 4.78 is 5.49. The van der Waals surface area contributed by atoms with Crippen LogP contribution in [-0.2, 0) is 4.74 Å². The topological polar surface area (TPSA) is 24.5 Å². The third kappa shape index (κ3) is 3.82. The molecule has 1 saturated carbocycles. The normalized spacial score (nSPS) is 27.2. The summed E-state index contributed by atoms with van der Waals surface area (Å²) in [5.41, 5.74) is 1.11. The second-order valence-electron chi connectivity index (χ2n) is 5.96. The molecule has 0 radical (unpaired) electrons. The molecule has 1 aliphatic carbocycles. The van der Waals surface area contributed by atoms with Gasteiger partial charge >= 0.3 is 0 Å². The van der Waals surface area contributed by atoms with Crippen LogP contribution in [0.4, 0.5) is 5.69 Å². The van der Waals surface area contributed by atoms with Crippen molar-refractivity contribution in [2.24, 2.45) is 5.92 Å². The molecular formula is C17H24N2OS. The maximum atomic E-state index is 5.73. The Hall–Kier alpha value is -0.970. The van der Waals surface area contributed by atoms with Crippen molar-refractivity contribution in [2.75, 3.05) is 31.6 Å². The third-order valence-electron chi connectivity index (χ3n) is 4.62. The molecule has 114 valence electrons. The Morgan fingerprint density at radius 3 is 2.57 bits per heavy atom. The average Bonchev–Trinajstić information content (AvgIpc) is 2.56. The highest BCUT2D eigenvalue weighted by Crippen LogP contribution is 2.30. The van der Waals surface area contributed by atoms with E-state index in [1.54, 1.807) is 0 Å². The lowest BCUT2D eigenvalue weighted by Crippen LogP contribution is -2.50. The number of benzene rings is 1. The summed E-state index contributed by atoms with van der Waals surface area (Å²) >= 11 is 5.73. The molecule has 1 heterocycles. The van der Waals surface area contributed by atoms with Crippen LogP contribution in [0.1, 0.15) is 25.7 Å². The van der Waals surface area contributed by atoms with Crippen LogP contribution in [0.5, 0.6) is 0 Å². The average molecular weight is 304 g/mol. The van der Waals surface area contributed by atoms with Gasteiger partial charge in [-0.1, -0.05) is 43.3 Å². The third-order valence-corrected chi connectivity index (χ3v) is 5.03. The number of hydrogen-bond donors (Lipinski definition) is 1. The number of nitrogens with one attached hydrogen (secondary N) is 1. The van der Waals surface area contributed by atoms with Crippen molar-refractivity contribution in [1.29, 1.82) is 0 Å². The maximum Gasteiger partial charge on any atom is 0.0844 e. The Bertz CT molecular complexity index is 459. The summed E-state index contributed by atoms with van der Waals surface area (Å²) in [5.74, 6) is 0.479. The van der Waals surface area contributed by atoms with E-state index in [0.29, 0.717) is 12.0 Å². The fraction of sp³-hybridized carbons (Fsp3) is 0.588. The van der Waals surface area contributed by atoms with Gasteiger partial charge in [-0.25, -0.2) is 0 Å². The molecule has 1 aliphatic heterocycles. The summed E-state index contributed by atoms with van der Waals surface area (Å²) in [6.45, 7) is 3.83. The Kier molecular flexibility index (Phi) is 5.22. The fourth-order valence-corrected chi connectivity index (χ4v) is 3.91. The van der Waals surface area contributed by atoms with Gasteiger partial charge in [-0.2, -0.15) is 0 Å². The highest BCUT2D eigenvalue weighted by atomic mass is 32.1. The zero-order valence-electron chi connectivity index (χ0n) is 12.5. The van der Waals surface area contributed by atoms with Gasteiger partial charge in [0.2, 0.25) is 0 Å². The number of hydrogen-bond acceptors (Lipinski definition) is 3. The number of para-hydroxylation sites is 1. The first kappa shape index (κ1) is 14.9. The van der Waals surface area contributed by atoms with Crippen LogP contribution in [0.25, 0.3) is 0 Å². The van der Waals surface area contributed by atoms with Crippen LogP contribution in [0.15, 0.2) is 30.3 Å². The lowest BCUT2D eigenvalue weighted by molar-refractivity contribution is 0.00163. The van der Waals surface area contributed by atoms with Gasteiger partial charge in [0.15, 0.2) is 0 Å². The monoisotopic (exact) mass is 304 g/mol. The zero-order valence-corrected chi connectivity index (χ0v) is 13.3. The zero-order chi connectivity index (χ0) is 14.5. The van der Waals surface area contributed by atoms with Crippen molar-refractivity contribution in [2.45, 2.75) is 31.7 Å². The first-order valence-electron chi connectivity index (χ1n) is 8.02. The lowest BCUT2D eigenvalue weighted by Gasteiger charge is -2.42. The molecule has 1 saturated heterocycles. The second kappa shape index (κ2) is 7.34. The lowest BCUT2D eigenvalue weighted by atomic mass is 9.83. The second-order valence-corrected chi connectivity index (χ2v) is 6.40. The number of ether oxygens (including phenoxy) is 1. The first-order chi connectivity index (χ1) is 10.3. The van der Waals surface area contributed by atoms with E-state index in [4.69, 9.17) is 17.0 Å². The summed E-state index contributed by atoms with van der Waals surface area (Å²) in [6, 6.07) is 10.9. The number of morpholine rings is 1. The highest BCUT2D eigenvalue weighted by molar-refractivity contribution is 7.80. The van der Waals surface area contributed by atoms with Crippen molar-refractivity contribution in [1.82, 2.24) is 4.90 Å². The number of nitrogens with zero attached hydrogens (tertiary/aromatic N) is 1. The number of anilines is 1. The van der Waals surface area contributed by atoms with Gasteiger partial charge < -0.3 is 10.1 Å². The van der Waals surface area contributed by atoms with E-state index in [1.807, 2.05) is 18.2 Å². The smallest absolute Gasteiger partial charge is 0.0844 e. The van der Waals surface area contributed by atoms with Gasteiger partial charge in [0.25, 0.3) is 0 Å². The van der Waals surface area contributed by atoms with E-state index >= 15 is 0 Å². The summed E-state index contributed by atoms with van der Waals surface area (Å²) in [5, 5.41) is 3.45. The first-order valence-corrected chi connectivity index (χ1v) is 8.43. The van der Waals surface area contributed by atoms with Gasteiger partial charge in [0.1, 0.15) is 0 Å². The van der Waals surface area contributed by atoms with E-state index in [1.165, 1.54) is 25.7 Å². The van der Waals surface area contributed by atoms with Gasteiger partial charge in [0, 0.05) is 30.7 Å². The molecular weight excluding hydrogens is 280 g/mol. The van der Waals surface area contributed by atoms with Gasteiger partial charge in [-0.3, -0.25) is 4.90 Å². The van der Waals surface area contributed by atoms with Crippen LogP contribution < -0.4 is 5.32 Å². The summed E-state index contributed by atoms with van der Waals surface area (Å²) in [6.07, 6.45) is 5.09. The molecule has 2 atom stereocenters. The Labute approximate surface area is 132 Å². The molecule has 1 aromatic carbocycles. The molecule has 0 unspecified atom stereocenters. The van der Waals surface area contributed by atoms with Crippen LogP contribution >= 0.6 is 12.2 Å². The predicted octanol–water partition coefficient (Wildman–Crippen LogP) is 3.32. The Morgan fingerprint density at radius 2 is 1.81 bits per heavy atom. The van der Waals surface area contributed by atoms with Crippen molar-refractivity contribution in [3.05, 3.63) is 30.3 Å². The number of rotatable bonds is 3. The predicted molar refractivity (Wildman–Crippen MR) is 90.8 cm³/mol. The van der Waals surface area contributed by atoms with Crippen LogP contribution in [0.3, 0.4) is 0 Å². The van der Waals surface area contributed by atoms with Crippen LogP contribution in [0, 0.1) is 5.92 Å². The maximum absolute atomic E-state index is 5.73. The minimum Gasteiger partial charge on any atom is -0.379 e. The van der Waals surface area contributed by atoms with Gasteiger partial charge in [-0.15, -0.1) is 0 Å². The molecule has 0 spiro atoms. The molecule has 0 amide bonds. The highest BCUT2D eigenvalue weighted by Gasteiger charge is 2.33. The molecule has 2 fully saturated rings. The molecule has 2 aliphatic rings. The Balaban J connectivity index is 1.66.